The van der Waals surface area contributed by atoms with Crippen LogP contribution < -0.4 is 5.32 Å². The number of sulfonamides is 1. The molecule has 4 nitrogen and oxygen atoms in total. The summed E-state index contributed by atoms with van der Waals surface area (Å²) >= 11 is 1.39. The molecular weight excluding hydrogens is 268 g/mol. The van der Waals surface area contributed by atoms with Crippen LogP contribution in [0.25, 0.3) is 0 Å². The normalized spacial score (nSPS) is 20.6. The Morgan fingerprint density at radius 1 is 1.33 bits per heavy atom. The van der Waals surface area contributed by atoms with Gasteiger partial charge in [0.2, 0.25) is 0 Å². The fourth-order valence-corrected chi connectivity index (χ4v) is 4.81. The first-order chi connectivity index (χ1) is 8.57. The van der Waals surface area contributed by atoms with Crippen molar-refractivity contribution in [2.45, 2.75) is 48.5 Å². The van der Waals surface area contributed by atoms with E-state index in [0.717, 1.165) is 24.3 Å². The molecule has 0 bridgehead atoms. The maximum absolute atomic E-state index is 12.3. The van der Waals surface area contributed by atoms with Crippen molar-refractivity contribution in [3.05, 3.63) is 17.0 Å². The maximum Gasteiger partial charge on any atom is 0.252 e. The summed E-state index contributed by atoms with van der Waals surface area (Å²) in [5, 5.41) is 3.40. The number of thiophene rings is 1. The van der Waals surface area contributed by atoms with Crippen molar-refractivity contribution in [1.29, 1.82) is 0 Å². The summed E-state index contributed by atoms with van der Waals surface area (Å²) in [6.07, 6.45) is 4.50. The first kappa shape index (κ1) is 12.6. The molecule has 0 spiro atoms. The Balaban J connectivity index is 1.70. The summed E-state index contributed by atoms with van der Waals surface area (Å²) in [4.78, 5) is 1.10. The second kappa shape index (κ2) is 4.59. The molecule has 1 heterocycles. The van der Waals surface area contributed by atoms with Gasteiger partial charge in [0.05, 0.1) is 0 Å². The van der Waals surface area contributed by atoms with Crippen molar-refractivity contribution < 1.29 is 8.42 Å². The molecule has 1 aromatic heterocycles. The van der Waals surface area contributed by atoms with Crippen LogP contribution in [0, 0.1) is 0 Å². The zero-order valence-electron chi connectivity index (χ0n) is 10.4. The van der Waals surface area contributed by atoms with Crippen LogP contribution in [0.1, 0.15) is 30.6 Å². The Morgan fingerprint density at radius 2 is 2.06 bits per heavy atom. The van der Waals surface area contributed by atoms with Gasteiger partial charge >= 0.3 is 0 Å². The van der Waals surface area contributed by atoms with Crippen molar-refractivity contribution in [3.8, 4) is 0 Å². The molecule has 1 aromatic rings. The van der Waals surface area contributed by atoms with Gasteiger partial charge in [-0.3, -0.25) is 0 Å². The lowest BCUT2D eigenvalue weighted by atomic mass is 10.4. The molecule has 2 saturated carbocycles. The van der Waals surface area contributed by atoms with E-state index in [4.69, 9.17) is 0 Å². The molecule has 2 fully saturated rings. The fraction of sp³-hybridized carbons (Fsp3) is 0.667. The zero-order chi connectivity index (χ0) is 12.8. The minimum absolute atomic E-state index is 0.227. The predicted octanol–water partition coefficient (Wildman–Crippen LogP) is 1.78. The number of hydrogen-bond donors (Lipinski definition) is 1. The van der Waals surface area contributed by atoms with Gasteiger partial charge in [0, 0.05) is 30.6 Å². The smallest absolute Gasteiger partial charge is 0.252 e. The molecule has 18 heavy (non-hydrogen) atoms. The third-order valence-corrected chi connectivity index (χ3v) is 6.94. The van der Waals surface area contributed by atoms with Crippen LogP contribution in [0.3, 0.4) is 0 Å². The second-order valence-electron chi connectivity index (χ2n) is 5.13. The molecule has 2 aliphatic carbocycles. The summed E-state index contributed by atoms with van der Waals surface area (Å²) < 4.78 is 26.6. The van der Waals surface area contributed by atoms with Gasteiger partial charge in [-0.2, -0.15) is 4.31 Å². The van der Waals surface area contributed by atoms with Crippen LogP contribution in [0.5, 0.6) is 0 Å². The van der Waals surface area contributed by atoms with E-state index in [2.05, 4.69) is 5.32 Å². The quantitative estimate of drug-likeness (QED) is 0.867. The lowest BCUT2D eigenvalue weighted by Crippen LogP contribution is -2.28. The van der Waals surface area contributed by atoms with Gasteiger partial charge < -0.3 is 5.32 Å². The Labute approximate surface area is 112 Å². The van der Waals surface area contributed by atoms with Gasteiger partial charge in [0.1, 0.15) is 4.21 Å². The van der Waals surface area contributed by atoms with Gasteiger partial charge in [-0.1, -0.05) is 0 Å². The summed E-state index contributed by atoms with van der Waals surface area (Å²) in [7, 11) is -1.56. The molecule has 100 valence electrons. The first-order valence-electron chi connectivity index (χ1n) is 6.37. The lowest BCUT2D eigenvalue weighted by Gasteiger charge is -2.14. The minimum atomic E-state index is -3.25. The topological polar surface area (TPSA) is 49.4 Å². The van der Waals surface area contributed by atoms with Crippen molar-refractivity contribution >= 4 is 21.4 Å². The Kier molecular flexibility index (Phi) is 3.21. The molecule has 0 atom stereocenters. The van der Waals surface area contributed by atoms with E-state index < -0.39 is 10.0 Å². The summed E-state index contributed by atoms with van der Waals surface area (Å²) in [6.45, 7) is 0.790. The molecule has 0 aromatic carbocycles. The summed E-state index contributed by atoms with van der Waals surface area (Å²) in [5.74, 6) is 0. The highest BCUT2D eigenvalue weighted by Crippen LogP contribution is 2.33. The van der Waals surface area contributed by atoms with E-state index >= 15 is 0 Å². The molecule has 1 N–H and O–H groups in total. The molecular formula is C12H18N2O2S2. The largest absolute Gasteiger partial charge is 0.309 e. The van der Waals surface area contributed by atoms with E-state index in [1.54, 1.807) is 13.1 Å². The highest BCUT2D eigenvalue weighted by Gasteiger charge is 2.35. The summed E-state index contributed by atoms with van der Waals surface area (Å²) in [6, 6.07) is 4.54. The molecule has 2 aliphatic rings. The predicted molar refractivity (Wildman–Crippen MR) is 72.2 cm³/mol. The number of rotatable bonds is 6. The Morgan fingerprint density at radius 3 is 2.67 bits per heavy atom. The summed E-state index contributed by atoms with van der Waals surface area (Å²) in [5.41, 5.74) is 0. The molecule has 0 amide bonds. The highest BCUT2D eigenvalue weighted by molar-refractivity contribution is 7.91. The van der Waals surface area contributed by atoms with E-state index in [1.807, 2.05) is 6.07 Å². The van der Waals surface area contributed by atoms with Crippen LogP contribution in [0.2, 0.25) is 0 Å². The average molecular weight is 286 g/mol. The molecule has 3 rings (SSSR count). The third-order valence-electron chi connectivity index (χ3n) is 3.47. The molecule has 6 heteroatoms. The molecule has 0 radical (unpaired) electrons. The fourth-order valence-electron chi connectivity index (χ4n) is 1.90. The highest BCUT2D eigenvalue weighted by atomic mass is 32.2. The van der Waals surface area contributed by atoms with Crippen LogP contribution in [0.4, 0.5) is 0 Å². The van der Waals surface area contributed by atoms with E-state index in [0.29, 0.717) is 10.3 Å². The lowest BCUT2D eigenvalue weighted by molar-refractivity contribution is 0.466. The minimum Gasteiger partial charge on any atom is -0.309 e. The molecule has 0 saturated heterocycles. The van der Waals surface area contributed by atoms with Crippen LogP contribution in [0.15, 0.2) is 16.3 Å². The Hall–Kier alpha value is -0.430. The van der Waals surface area contributed by atoms with Crippen molar-refractivity contribution in [3.63, 3.8) is 0 Å². The van der Waals surface area contributed by atoms with Crippen LogP contribution in [-0.2, 0) is 16.6 Å². The van der Waals surface area contributed by atoms with Gasteiger partial charge in [0.25, 0.3) is 10.0 Å². The van der Waals surface area contributed by atoms with Gasteiger partial charge in [0.15, 0.2) is 0 Å². The van der Waals surface area contributed by atoms with Crippen molar-refractivity contribution in [1.82, 2.24) is 9.62 Å². The van der Waals surface area contributed by atoms with Crippen molar-refractivity contribution in [2.75, 3.05) is 7.05 Å². The van der Waals surface area contributed by atoms with E-state index in [9.17, 15) is 8.42 Å². The zero-order valence-corrected chi connectivity index (χ0v) is 12.1. The van der Waals surface area contributed by atoms with Gasteiger partial charge in [-0.15, -0.1) is 11.3 Å². The standard InChI is InChI=1S/C12H18N2O2S2/c1-14(10-4-5-10)18(15,16)12-7-6-11(17-12)8-13-9-2-3-9/h6-7,9-10,13H,2-5,8H2,1H3. The second-order valence-corrected chi connectivity index (χ2v) is 8.52. The first-order valence-corrected chi connectivity index (χ1v) is 8.63. The van der Waals surface area contributed by atoms with E-state index in [-0.39, 0.29) is 6.04 Å². The molecule has 0 unspecified atom stereocenters. The van der Waals surface area contributed by atoms with Gasteiger partial charge in [-0.05, 0) is 37.8 Å². The van der Waals surface area contributed by atoms with E-state index in [1.165, 1.54) is 28.5 Å². The number of nitrogens with one attached hydrogen (secondary N) is 1. The Bertz CT molecular complexity index is 530. The number of nitrogens with zero attached hydrogens (tertiary/aromatic N) is 1. The molecule has 0 aliphatic heterocycles. The third kappa shape index (κ3) is 2.61. The monoisotopic (exact) mass is 286 g/mol. The number of hydrogen-bond acceptors (Lipinski definition) is 4. The van der Waals surface area contributed by atoms with Crippen molar-refractivity contribution in [2.24, 2.45) is 0 Å². The SMILES string of the molecule is CN(C1CC1)S(=O)(=O)c1ccc(CNC2CC2)s1. The van der Waals surface area contributed by atoms with Gasteiger partial charge in [-0.25, -0.2) is 8.42 Å². The maximum atomic E-state index is 12.3. The van der Waals surface area contributed by atoms with Crippen LogP contribution >= 0.6 is 11.3 Å². The average Bonchev–Trinajstić information content (AvgIpc) is 3.25. The van der Waals surface area contributed by atoms with Crippen LogP contribution in [-0.4, -0.2) is 31.9 Å².